The minimum atomic E-state index is -0.637. The molecule has 2 heterocycles. The summed E-state index contributed by atoms with van der Waals surface area (Å²) in [7, 11) is 1.69. The summed E-state index contributed by atoms with van der Waals surface area (Å²) in [6, 6.07) is 7.90. The molecular weight excluding hydrogens is 620 g/mol. The summed E-state index contributed by atoms with van der Waals surface area (Å²) in [5.41, 5.74) is 4.49. The van der Waals surface area contributed by atoms with Crippen molar-refractivity contribution in [2.45, 2.75) is 129 Å². The van der Waals surface area contributed by atoms with Gasteiger partial charge in [0.25, 0.3) is 0 Å². The van der Waals surface area contributed by atoms with E-state index >= 15 is 0 Å². The van der Waals surface area contributed by atoms with Crippen molar-refractivity contribution in [3.8, 4) is 11.5 Å². The van der Waals surface area contributed by atoms with E-state index in [-0.39, 0.29) is 40.6 Å². The average Bonchev–Trinajstić information content (AvgIpc) is 3.55. The van der Waals surface area contributed by atoms with Gasteiger partial charge in [-0.15, -0.1) is 0 Å². The Morgan fingerprint density at radius 2 is 0.959 bits per heavy atom. The van der Waals surface area contributed by atoms with E-state index in [1.54, 1.807) is 19.3 Å². The van der Waals surface area contributed by atoms with Gasteiger partial charge < -0.3 is 28.8 Å². The highest BCUT2D eigenvalue weighted by Crippen LogP contribution is 2.42. The topological polar surface area (TPSA) is 101 Å². The number of phenols is 1. The highest BCUT2D eigenvalue weighted by atomic mass is 16.7. The first kappa shape index (κ1) is 38.2. The zero-order valence-corrected chi connectivity index (χ0v) is 31.6. The molecule has 4 rings (SSSR count). The zero-order valence-electron chi connectivity index (χ0n) is 31.6. The first-order chi connectivity index (χ1) is 22.5. The van der Waals surface area contributed by atoms with Gasteiger partial charge in [-0.25, -0.2) is 9.59 Å². The molecule has 0 amide bonds. The molecule has 268 valence electrons. The number of benzene rings is 2. The summed E-state index contributed by atoms with van der Waals surface area (Å²) in [4.78, 5) is 25.9. The quantitative estimate of drug-likeness (QED) is 0.233. The normalized spacial score (nSPS) is 21.7. The number of phenolic OH excluding ortho intramolecular Hbond substituents is 1. The summed E-state index contributed by atoms with van der Waals surface area (Å²) in [5, 5.41) is 11.0. The molecule has 8 nitrogen and oxygen atoms in total. The van der Waals surface area contributed by atoms with Crippen LogP contribution in [0.25, 0.3) is 12.2 Å². The summed E-state index contributed by atoms with van der Waals surface area (Å²) in [5.74, 6) is 0.100. The fourth-order valence-electron chi connectivity index (χ4n) is 6.31. The minimum absolute atomic E-state index is 0.136. The van der Waals surface area contributed by atoms with E-state index in [0.29, 0.717) is 0 Å². The number of ether oxygens (including phenoxy) is 5. The Kier molecular flexibility index (Phi) is 10.9. The van der Waals surface area contributed by atoms with Crippen molar-refractivity contribution in [2.75, 3.05) is 20.3 Å². The molecule has 0 spiro atoms. The Labute approximate surface area is 292 Å². The summed E-state index contributed by atoms with van der Waals surface area (Å²) >= 11 is 0. The summed E-state index contributed by atoms with van der Waals surface area (Å²) < 4.78 is 29.2. The Balaban J connectivity index is 1.41. The molecule has 0 radical (unpaired) electrons. The smallest absolute Gasteiger partial charge is 0.331 e. The molecule has 1 N–H and O–H groups in total. The maximum absolute atomic E-state index is 13.0. The molecule has 2 saturated heterocycles. The van der Waals surface area contributed by atoms with E-state index in [0.717, 1.165) is 39.1 Å². The van der Waals surface area contributed by atoms with Gasteiger partial charge in [0.15, 0.2) is 12.2 Å². The van der Waals surface area contributed by atoms with E-state index < -0.39 is 36.4 Å². The van der Waals surface area contributed by atoms with Crippen LogP contribution in [0.2, 0.25) is 0 Å². The van der Waals surface area contributed by atoms with Gasteiger partial charge in [0.2, 0.25) is 0 Å². The number of hydrogen-bond acceptors (Lipinski definition) is 8. The van der Waals surface area contributed by atoms with Gasteiger partial charge >= 0.3 is 11.9 Å². The molecule has 2 aliphatic heterocycles. The molecule has 2 aromatic rings. The predicted molar refractivity (Wildman–Crippen MR) is 193 cm³/mol. The first-order valence-electron chi connectivity index (χ1n) is 17.1. The van der Waals surface area contributed by atoms with Crippen LogP contribution in [0.1, 0.15) is 116 Å². The van der Waals surface area contributed by atoms with Crippen LogP contribution >= 0.6 is 0 Å². The van der Waals surface area contributed by atoms with Gasteiger partial charge in [-0.05, 0) is 69.2 Å². The van der Waals surface area contributed by atoms with Crippen molar-refractivity contribution in [2.24, 2.45) is 0 Å². The Bertz CT molecular complexity index is 1530. The maximum Gasteiger partial charge on any atom is 0.331 e. The van der Waals surface area contributed by atoms with E-state index in [1.165, 1.54) is 12.2 Å². The van der Waals surface area contributed by atoms with E-state index in [2.05, 4.69) is 53.7 Å². The largest absolute Gasteiger partial charge is 0.507 e. The number of esters is 2. The highest BCUT2D eigenvalue weighted by molar-refractivity contribution is 5.88. The van der Waals surface area contributed by atoms with Crippen LogP contribution in [-0.2, 0) is 50.2 Å². The first-order valence-corrected chi connectivity index (χ1v) is 17.1. The average molecular weight is 677 g/mol. The van der Waals surface area contributed by atoms with Crippen LogP contribution in [0.3, 0.4) is 0 Å². The second kappa shape index (κ2) is 13.9. The molecule has 0 bridgehead atoms. The van der Waals surface area contributed by atoms with Crippen molar-refractivity contribution in [1.82, 2.24) is 0 Å². The van der Waals surface area contributed by atoms with Crippen LogP contribution in [0.4, 0.5) is 0 Å². The predicted octanol–water partition coefficient (Wildman–Crippen LogP) is 7.94. The highest BCUT2D eigenvalue weighted by Gasteiger charge is 2.51. The lowest BCUT2D eigenvalue weighted by molar-refractivity contribution is -0.149. The molecule has 2 fully saturated rings. The van der Waals surface area contributed by atoms with Gasteiger partial charge in [-0.3, -0.25) is 0 Å². The molecule has 2 aliphatic rings. The monoisotopic (exact) mass is 676 g/mol. The molecule has 4 unspecified atom stereocenters. The van der Waals surface area contributed by atoms with Crippen molar-refractivity contribution >= 4 is 24.1 Å². The minimum Gasteiger partial charge on any atom is -0.507 e. The van der Waals surface area contributed by atoms with Crippen LogP contribution < -0.4 is 4.74 Å². The Hall–Kier alpha value is -3.62. The van der Waals surface area contributed by atoms with Crippen LogP contribution in [0.15, 0.2) is 36.4 Å². The third kappa shape index (κ3) is 8.95. The SMILES string of the molecule is COc1c(C(C)(C)C)cc(/C=C/C(=O)OC2COC3C(OC(=O)/C=C/c4cc(C(C)(C)C)c(O)c(C(C)(C)C)c4)COC23)cc1C(C)(C)C. The standard InChI is InChI=1S/C41H56O8/c1-38(2,3)26-18-24(19-27(34(26)44)39(4,5)6)14-16-32(42)48-30-22-46-37-31(23-47-36(30)37)49-33(43)17-15-25-20-28(40(7,8)9)35(45-13)29(21-25)41(10,11)12/h14-21,30-31,36-37,44H,22-23H2,1-13H3/b16-14+,17-15+. The third-order valence-electron chi connectivity index (χ3n) is 9.00. The van der Waals surface area contributed by atoms with Crippen molar-refractivity contribution in [3.63, 3.8) is 0 Å². The van der Waals surface area contributed by atoms with Gasteiger partial charge in [0.05, 0.1) is 20.3 Å². The van der Waals surface area contributed by atoms with Crippen LogP contribution in [0.5, 0.6) is 11.5 Å². The van der Waals surface area contributed by atoms with Crippen LogP contribution in [0, 0.1) is 0 Å². The molecule has 49 heavy (non-hydrogen) atoms. The number of methoxy groups -OCH3 is 1. The molecular formula is C41H56O8. The Morgan fingerprint density at radius 3 is 1.27 bits per heavy atom. The number of rotatable bonds is 7. The zero-order chi connectivity index (χ0) is 36.7. The third-order valence-corrected chi connectivity index (χ3v) is 9.00. The molecule has 4 atom stereocenters. The summed E-state index contributed by atoms with van der Waals surface area (Å²) in [6.07, 6.45) is 3.91. The second-order valence-electron chi connectivity index (χ2n) is 17.3. The second-order valence-corrected chi connectivity index (χ2v) is 17.3. The molecule has 0 aliphatic carbocycles. The fraction of sp³-hybridized carbons (Fsp3) is 0.561. The van der Waals surface area contributed by atoms with Crippen LogP contribution in [-0.4, -0.2) is 61.8 Å². The van der Waals surface area contributed by atoms with Crippen molar-refractivity contribution < 1.29 is 38.4 Å². The number of carbonyl (C=O) groups is 2. The summed E-state index contributed by atoms with van der Waals surface area (Å²) in [6.45, 7) is 25.4. The lowest BCUT2D eigenvalue weighted by Crippen LogP contribution is -2.35. The lowest BCUT2D eigenvalue weighted by atomic mass is 9.78. The van der Waals surface area contributed by atoms with Crippen molar-refractivity contribution in [1.29, 1.82) is 0 Å². The van der Waals surface area contributed by atoms with E-state index in [9.17, 15) is 14.7 Å². The van der Waals surface area contributed by atoms with Gasteiger partial charge in [-0.2, -0.15) is 0 Å². The number of carbonyl (C=O) groups excluding carboxylic acids is 2. The van der Waals surface area contributed by atoms with Gasteiger partial charge in [0, 0.05) is 34.4 Å². The molecule has 2 aromatic carbocycles. The fourth-order valence-corrected chi connectivity index (χ4v) is 6.31. The van der Waals surface area contributed by atoms with Gasteiger partial charge in [0.1, 0.15) is 23.7 Å². The van der Waals surface area contributed by atoms with Crippen molar-refractivity contribution in [3.05, 3.63) is 69.8 Å². The number of hydrogen-bond donors (Lipinski definition) is 1. The lowest BCUT2D eigenvalue weighted by Gasteiger charge is -2.29. The van der Waals surface area contributed by atoms with Gasteiger partial charge in [-0.1, -0.05) is 83.1 Å². The van der Waals surface area contributed by atoms with E-state index in [1.807, 2.05) is 53.7 Å². The number of aromatic hydroxyl groups is 1. The number of fused-ring (bicyclic) bond motifs is 1. The molecule has 8 heteroatoms. The molecule has 0 aromatic heterocycles. The Morgan fingerprint density at radius 1 is 0.633 bits per heavy atom. The maximum atomic E-state index is 13.0. The van der Waals surface area contributed by atoms with E-state index in [4.69, 9.17) is 23.7 Å². The molecule has 0 saturated carbocycles.